The fourth-order valence-electron chi connectivity index (χ4n) is 4.56. The van der Waals surface area contributed by atoms with Crippen LogP contribution in [0.5, 0.6) is 0 Å². The van der Waals surface area contributed by atoms with Crippen molar-refractivity contribution in [1.82, 2.24) is 19.5 Å². The molecular weight excluding hydrogens is 495 g/mol. The first-order valence-electron chi connectivity index (χ1n) is 12.4. The van der Waals surface area contributed by atoms with E-state index in [1.165, 1.54) is 12.3 Å². The molecule has 0 unspecified atom stereocenters. The summed E-state index contributed by atoms with van der Waals surface area (Å²) in [6, 6.07) is 10.9. The van der Waals surface area contributed by atoms with Gasteiger partial charge in [0.1, 0.15) is 24.2 Å². The molecule has 5 rings (SSSR count). The number of hydrogen-bond acceptors (Lipinski definition) is 5. The number of ether oxygens (including phenoxy) is 1. The molecule has 0 atom stereocenters. The number of alkyl halides is 2. The first-order valence-corrected chi connectivity index (χ1v) is 16.1. The molecule has 4 aromatic rings. The van der Waals surface area contributed by atoms with Crippen LogP contribution in [0.25, 0.3) is 33.5 Å². The Labute approximate surface area is 215 Å². The highest BCUT2D eigenvalue weighted by Crippen LogP contribution is 2.42. The number of hydrogen-bond donors (Lipinski definition) is 0. The Hall–Kier alpha value is -3.24. The number of aromatic nitrogens is 4. The van der Waals surface area contributed by atoms with Crippen LogP contribution in [0, 0.1) is 5.82 Å². The minimum atomic E-state index is -2.82. The third-order valence-corrected chi connectivity index (χ3v) is 8.26. The van der Waals surface area contributed by atoms with Crippen molar-refractivity contribution in [2.75, 3.05) is 24.6 Å². The van der Waals surface area contributed by atoms with Crippen molar-refractivity contribution in [2.45, 2.75) is 44.8 Å². The minimum absolute atomic E-state index is 0.141. The molecule has 1 saturated heterocycles. The van der Waals surface area contributed by atoms with Gasteiger partial charge >= 0.3 is 0 Å². The summed E-state index contributed by atoms with van der Waals surface area (Å²) >= 11 is 0. The number of halogens is 3. The molecule has 4 heterocycles. The van der Waals surface area contributed by atoms with Gasteiger partial charge in [0.2, 0.25) is 0 Å². The van der Waals surface area contributed by atoms with Crippen LogP contribution < -0.4 is 4.90 Å². The maximum absolute atomic E-state index is 15.1. The Kier molecular flexibility index (Phi) is 6.80. The van der Waals surface area contributed by atoms with Crippen molar-refractivity contribution in [3.63, 3.8) is 0 Å². The quantitative estimate of drug-likeness (QED) is 0.195. The van der Waals surface area contributed by atoms with Crippen LogP contribution in [0.1, 0.15) is 6.42 Å². The third-order valence-electron chi connectivity index (χ3n) is 6.56. The maximum Gasteiger partial charge on any atom is 0.266 e. The molecule has 1 aliphatic heterocycles. The summed E-state index contributed by atoms with van der Waals surface area (Å²) in [6.45, 7) is 7.33. The van der Waals surface area contributed by atoms with Gasteiger partial charge < -0.3 is 9.64 Å². The molecule has 1 aromatic carbocycles. The predicted octanol–water partition coefficient (Wildman–Crippen LogP) is 6.46. The number of rotatable bonds is 8. The number of nitrogens with zero attached hydrogens (tertiary/aromatic N) is 5. The molecule has 10 heteroatoms. The van der Waals surface area contributed by atoms with E-state index in [4.69, 9.17) is 9.72 Å². The smallest absolute Gasteiger partial charge is 0.266 e. The van der Waals surface area contributed by atoms with Gasteiger partial charge in [0.25, 0.3) is 5.92 Å². The van der Waals surface area contributed by atoms with Crippen LogP contribution >= 0.6 is 0 Å². The number of fused-ring (bicyclic) bond motifs is 1. The Morgan fingerprint density at radius 3 is 2.59 bits per heavy atom. The van der Waals surface area contributed by atoms with E-state index in [0.29, 0.717) is 40.5 Å². The van der Waals surface area contributed by atoms with Crippen molar-refractivity contribution >= 4 is 24.9 Å². The van der Waals surface area contributed by atoms with Crippen LogP contribution in [0.2, 0.25) is 25.7 Å². The Balaban J connectivity index is 1.68. The summed E-state index contributed by atoms with van der Waals surface area (Å²) in [5.41, 5.74) is 2.80. The van der Waals surface area contributed by atoms with Crippen LogP contribution in [-0.2, 0) is 11.5 Å². The molecule has 0 saturated carbocycles. The van der Waals surface area contributed by atoms with E-state index in [-0.39, 0.29) is 19.7 Å². The Morgan fingerprint density at radius 2 is 1.86 bits per heavy atom. The molecular formula is C27H30F3N5OSi. The summed E-state index contributed by atoms with van der Waals surface area (Å²) in [5, 5.41) is 0. The number of imidazole rings is 1. The van der Waals surface area contributed by atoms with E-state index in [9.17, 15) is 8.78 Å². The molecule has 0 radical (unpaired) electrons. The second-order valence-corrected chi connectivity index (χ2v) is 16.3. The topological polar surface area (TPSA) is 56.1 Å². The van der Waals surface area contributed by atoms with Gasteiger partial charge in [-0.05, 0) is 24.2 Å². The lowest BCUT2D eigenvalue weighted by Gasteiger charge is -2.23. The van der Waals surface area contributed by atoms with Crippen LogP contribution in [0.15, 0.2) is 55.0 Å². The summed E-state index contributed by atoms with van der Waals surface area (Å²) in [7, 11) is -1.30. The zero-order chi connectivity index (χ0) is 26.2. The molecule has 0 spiro atoms. The van der Waals surface area contributed by atoms with Crippen molar-refractivity contribution in [1.29, 1.82) is 0 Å². The first-order chi connectivity index (χ1) is 17.6. The van der Waals surface area contributed by atoms with E-state index in [1.54, 1.807) is 47.6 Å². The second-order valence-electron chi connectivity index (χ2n) is 10.6. The highest BCUT2D eigenvalue weighted by atomic mass is 28.3. The van der Waals surface area contributed by atoms with Crippen molar-refractivity contribution < 1.29 is 17.9 Å². The predicted molar refractivity (Wildman–Crippen MR) is 142 cm³/mol. The molecule has 0 N–H and O–H groups in total. The molecule has 6 nitrogen and oxygen atoms in total. The lowest BCUT2D eigenvalue weighted by molar-refractivity contribution is 0.0256. The van der Waals surface area contributed by atoms with Gasteiger partial charge in [-0.2, -0.15) is 0 Å². The summed E-state index contributed by atoms with van der Waals surface area (Å²) in [5.74, 6) is -2.41. The zero-order valence-electron chi connectivity index (χ0n) is 21.2. The lowest BCUT2D eigenvalue weighted by atomic mass is 9.99. The van der Waals surface area contributed by atoms with Gasteiger partial charge in [-0.1, -0.05) is 37.8 Å². The molecule has 0 aliphatic carbocycles. The van der Waals surface area contributed by atoms with Crippen LogP contribution in [0.3, 0.4) is 0 Å². The summed E-state index contributed by atoms with van der Waals surface area (Å²) < 4.78 is 51.6. The third kappa shape index (κ3) is 5.40. The van der Waals surface area contributed by atoms with E-state index in [2.05, 4.69) is 29.6 Å². The lowest BCUT2D eigenvalue weighted by Crippen LogP contribution is -2.26. The fourth-order valence-corrected chi connectivity index (χ4v) is 5.31. The molecule has 3 aromatic heterocycles. The zero-order valence-corrected chi connectivity index (χ0v) is 22.2. The van der Waals surface area contributed by atoms with Crippen LogP contribution in [-0.4, -0.2) is 53.2 Å². The van der Waals surface area contributed by atoms with Gasteiger partial charge in [-0.3, -0.25) is 9.55 Å². The van der Waals surface area contributed by atoms with Gasteiger partial charge in [-0.15, -0.1) is 0 Å². The average Bonchev–Trinajstić information content (AvgIpc) is 3.40. The molecule has 194 valence electrons. The van der Waals surface area contributed by atoms with Crippen molar-refractivity contribution in [2.24, 2.45) is 0 Å². The second kappa shape index (κ2) is 9.90. The summed E-state index contributed by atoms with van der Waals surface area (Å²) in [4.78, 5) is 15.2. The van der Waals surface area contributed by atoms with E-state index < -0.39 is 26.4 Å². The van der Waals surface area contributed by atoms with Crippen molar-refractivity contribution in [3.8, 4) is 22.5 Å². The monoisotopic (exact) mass is 525 g/mol. The Bertz CT molecular complexity index is 1420. The first kappa shape index (κ1) is 25.4. The van der Waals surface area contributed by atoms with Gasteiger partial charge in [0, 0.05) is 51.2 Å². The highest BCUT2D eigenvalue weighted by Gasteiger charge is 2.40. The number of anilines is 1. The van der Waals surface area contributed by atoms with Gasteiger partial charge in [-0.25, -0.2) is 23.1 Å². The van der Waals surface area contributed by atoms with E-state index in [0.717, 1.165) is 11.6 Å². The fraction of sp³-hybridized carbons (Fsp3) is 0.370. The average molecular weight is 526 g/mol. The number of benzene rings is 1. The maximum atomic E-state index is 15.1. The SMILES string of the molecule is C[Si](C)(C)CCOCn1c(-c2c(-c3ccccc3F)ccnc2N2CCC(F)(F)C2)nc2ccncc21. The minimum Gasteiger partial charge on any atom is -0.361 e. The van der Waals surface area contributed by atoms with Gasteiger partial charge in [0.15, 0.2) is 0 Å². The molecule has 1 aliphatic rings. The molecule has 0 bridgehead atoms. The number of pyridine rings is 2. The molecule has 37 heavy (non-hydrogen) atoms. The standard InChI is InChI=1S/C27H30F3N5OSi/c1-37(2,3)15-14-36-18-35-23-16-31-11-9-22(23)33-26(35)24-20(19-6-4-5-7-21(19)28)8-12-32-25(24)34-13-10-27(29,30)17-34/h4-9,11-12,16H,10,13-15,17-18H2,1-3H3. The normalized spacial score (nSPS) is 15.6. The molecule has 0 amide bonds. The highest BCUT2D eigenvalue weighted by molar-refractivity contribution is 6.76. The largest absolute Gasteiger partial charge is 0.361 e. The molecule has 1 fully saturated rings. The van der Waals surface area contributed by atoms with Crippen molar-refractivity contribution in [3.05, 3.63) is 60.8 Å². The van der Waals surface area contributed by atoms with Gasteiger partial charge in [0.05, 0.1) is 29.3 Å². The Morgan fingerprint density at radius 1 is 1.05 bits per heavy atom. The van der Waals surface area contributed by atoms with Crippen LogP contribution in [0.4, 0.5) is 19.0 Å². The van der Waals surface area contributed by atoms with E-state index >= 15 is 4.39 Å². The van der Waals surface area contributed by atoms with E-state index in [1.807, 2.05) is 4.57 Å². The summed E-state index contributed by atoms with van der Waals surface area (Å²) in [6.07, 6.45) is 4.63.